The van der Waals surface area contributed by atoms with Gasteiger partial charge in [-0.25, -0.2) is 4.39 Å². The van der Waals surface area contributed by atoms with Gasteiger partial charge in [-0.3, -0.25) is 4.99 Å². The fourth-order valence-corrected chi connectivity index (χ4v) is 1.98. The molecule has 0 aliphatic heterocycles. The third kappa shape index (κ3) is 10.9. The fourth-order valence-electron chi connectivity index (χ4n) is 1.98. The summed E-state index contributed by atoms with van der Waals surface area (Å²) in [6.07, 6.45) is 0.298. The third-order valence-electron chi connectivity index (χ3n) is 3.44. The molecule has 7 heteroatoms. The van der Waals surface area contributed by atoms with Crippen LogP contribution in [0.2, 0.25) is 0 Å². The first-order valence-electron chi connectivity index (χ1n) is 9.17. The number of aliphatic imine (C=N–C) groups is 1. The smallest absolute Gasteiger partial charge is 0.191 e. The van der Waals surface area contributed by atoms with Crippen molar-refractivity contribution in [2.75, 3.05) is 39.5 Å². The molecule has 0 fully saturated rings. The number of hydrogen-bond donors (Lipinski definition) is 3. The van der Waals surface area contributed by atoms with Gasteiger partial charge in [0.2, 0.25) is 0 Å². The Morgan fingerprint density at radius 2 is 1.92 bits per heavy atom. The van der Waals surface area contributed by atoms with Gasteiger partial charge in [0, 0.05) is 19.7 Å². The zero-order valence-electron chi connectivity index (χ0n) is 16.0. The van der Waals surface area contributed by atoms with Crippen molar-refractivity contribution in [2.45, 2.75) is 33.3 Å². The van der Waals surface area contributed by atoms with Gasteiger partial charge < -0.3 is 25.2 Å². The maximum atomic E-state index is 12.8. The average molecular weight is 369 g/mol. The predicted octanol–water partition coefficient (Wildman–Crippen LogP) is 2.18. The molecule has 26 heavy (non-hydrogen) atoms. The van der Waals surface area contributed by atoms with Crippen LogP contribution in [0.15, 0.2) is 29.3 Å². The van der Waals surface area contributed by atoms with Crippen LogP contribution in [0.25, 0.3) is 0 Å². The summed E-state index contributed by atoms with van der Waals surface area (Å²) in [5.74, 6) is 1.45. The minimum Gasteiger partial charge on any atom is -0.491 e. The summed E-state index contributed by atoms with van der Waals surface area (Å²) in [5, 5.41) is 16.3. The van der Waals surface area contributed by atoms with E-state index in [1.165, 1.54) is 24.3 Å². The van der Waals surface area contributed by atoms with Gasteiger partial charge in [-0.1, -0.05) is 13.8 Å². The maximum Gasteiger partial charge on any atom is 0.191 e. The van der Waals surface area contributed by atoms with Crippen molar-refractivity contribution in [2.24, 2.45) is 10.9 Å². The number of nitrogens with one attached hydrogen (secondary N) is 2. The lowest BCUT2D eigenvalue weighted by atomic mass is 10.1. The summed E-state index contributed by atoms with van der Waals surface area (Å²) in [7, 11) is 0. The molecule has 0 bridgehead atoms. The van der Waals surface area contributed by atoms with Crippen LogP contribution in [0.1, 0.15) is 27.2 Å². The quantitative estimate of drug-likeness (QED) is 0.299. The van der Waals surface area contributed by atoms with Gasteiger partial charge in [0.15, 0.2) is 5.96 Å². The maximum absolute atomic E-state index is 12.8. The van der Waals surface area contributed by atoms with Gasteiger partial charge in [-0.15, -0.1) is 0 Å². The number of halogens is 1. The fraction of sp³-hybridized carbons (Fsp3) is 0.632. The first-order valence-corrected chi connectivity index (χ1v) is 9.17. The molecule has 1 aromatic carbocycles. The van der Waals surface area contributed by atoms with E-state index in [4.69, 9.17) is 9.47 Å². The van der Waals surface area contributed by atoms with E-state index in [1.54, 1.807) is 0 Å². The number of guanidine groups is 1. The number of hydrogen-bond acceptors (Lipinski definition) is 4. The van der Waals surface area contributed by atoms with E-state index in [9.17, 15) is 9.50 Å². The number of aliphatic hydroxyl groups is 1. The van der Waals surface area contributed by atoms with E-state index < -0.39 is 6.10 Å². The molecule has 1 aromatic rings. The number of ether oxygens (including phenoxy) is 2. The molecule has 1 atom stereocenters. The Kier molecular flexibility index (Phi) is 11.4. The largest absolute Gasteiger partial charge is 0.491 e. The minimum atomic E-state index is -0.752. The van der Waals surface area contributed by atoms with Crippen molar-refractivity contribution in [3.05, 3.63) is 30.1 Å². The van der Waals surface area contributed by atoms with Gasteiger partial charge >= 0.3 is 0 Å². The van der Waals surface area contributed by atoms with Gasteiger partial charge in [-0.2, -0.15) is 0 Å². The molecule has 148 valence electrons. The number of nitrogens with zero attached hydrogens (tertiary/aromatic N) is 1. The molecular formula is C19H32FN3O3. The summed E-state index contributed by atoms with van der Waals surface area (Å²) in [6.45, 7) is 9.33. The first-order chi connectivity index (χ1) is 12.5. The lowest BCUT2D eigenvalue weighted by Gasteiger charge is -2.14. The summed E-state index contributed by atoms with van der Waals surface area (Å²) >= 11 is 0. The van der Waals surface area contributed by atoms with Crippen molar-refractivity contribution in [1.82, 2.24) is 10.6 Å². The lowest BCUT2D eigenvalue weighted by molar-refractivity contribution is 0.114. The molecule has 0 saturated carbocycles. The Bertz CT molecular complexity index is 509. The highest BCUT2D eigenvalue weighted by Crippen LogP contribution is 2.11. The molecule has 0 aliphatic carbocycles. The molecule has 1 unspecified atom stereocenters. The molecular weight excluding hydrogens is 337 g/mol. The molecule has 1 rings (SSSR count). The molecule has 6 nitrogen and oxygen atoms in total. The third-order valence-corrected chi connectivity index (χ3v) is 3.44. The average Bonchev–Trinajstić information content (AvgIpc) is 2.61. The Morgan fingerprint density at radius 1 is 1.19 bits per heavy atom. The van der Waals surface area contributed by atoms with Gasteiger partial charge in [0.1, 0.15) is 24.3 Å². The van der Waals surface area contributed by atoms with Crippen LogP contribution in [-0.4, -0.2) is 56.6 Å². The van der Waals surface area contributed by atoms with Crippen LogP contribution in [0, 0.1) is 11.7 Å². The Labute approximate surface area is 155 Å². The van der Waals surface area contributed by atoms with E-state index in [0.29, 0.717) is 30.8 Å². The molecule has 3 N–H and O–H groups in total. The van der Waals surface area contributed by atoms with Gasteiger partial charge in [0.05, 0.1) is 13.2 Å². The number of benzene rings is 1. The molecule has 0 heterocycles. The van der Waals surface area contributed by atoms with Crippen LogP contribution < -0.4 is 15.4 Å². The summed E-state index contributed by atoms with van der Waals surface area (Å²) in [6, 6.07) is 5.68. The first kappa shape index (κ1) is 22.2. The van der Waals surface area contributed by atoms with Gasteiger partial charge in [-0.05, 0) is 43.5 Å². The number of aliphatic hydroxyl groups excluding tert-OH is 1. The second kappa shape index (κ2) is 13.4. The van der Waals surface area contributed by atoms with Crippen LogP contribution in [0.4, 0.5) is 4.39 Å². The second-order valence-electron chi connectivity index (χ2n) is 6.36. The van der Waals surface area contributed by atoms with Crippen LogP contribution in [-0.2, 0) is 4.74 Å². The van der Waals surface area contributed by atoms with E-state index >= 15 is 0 Å². The van der Waals surface area contributed by atoms with Crippen molar-refractivity contribution >= 4 is 5.96 Å². The number of rotatable bonds is 12. The van der Waals surface area contributed by atoms with Crippen LogP contribution in [0.5, 0.6) is 5.75 Å². The summed E-state index contributed by atoms with van der Waals surface area (Å²) in [4.78, 5) is 4.33. The highest BCUT2D eigenvalue weighted by Gasteiger charge is 2.06. The Morgan fingerprint density at radius 3 is 2.58 bits per heavy atom. The highest BCUT2D eigenvalue weighted by atomic mass is 19.1. The SMILES string of the molecule is CCNC(=NCC(O)COc1ccc(F)cc1)NCCOCCC(C)C. The van der Waals surface area contributed by atoms with E-state index in [-0.39, 0.29) is 19.0 Å². The van der Waals surface area contributed by atoms with E-state index in [1.807, 2.05) is 6.92 Å². The van der Waals surface area contributed by atoms with E-state index in [0.717, 1.165) is 19.6 Å². The monoisotopic (exact) mass is 369 g/mol. The normalized spacial score (nSPS) is 12.9. The van der Waals surface area contributed by atoms with E-state index in [2.05, 4.69) is 29.5 Å². The molecule has 0 spiro atoms. The second-order valence-corrected chi connectivity index (χ2v) is 6.36. The molecule has 0 saturated heterocycles. The Hall–Kier alpha value is -1.86. The van der Waals surface area contributed by atoms with Crippen LogP contribution >= 0.6 is 0 Å². The van der Waals surface area contributed by atoms with Crippen molar-refractivity contribution in [3.63, 3.8) is 0 Å². The minimum absolute atomic E-state index is 0.0901. The molecule has 0 radical (unpaired) electrons. The highest BCUT2D eigenvalue weighted by molar-refractivity contribution is 5.79. The van der Waals surface area contributed by atoms with Gasteiger partial charge in [0.25, 0.3) is 0 Å². The zero-order valence-corrected chi connectivity index (χ0v) is 16.0. The standard InChI is InChI=1S/C19H32FN3O3/c1-4-21-19(22-10-12-25-11-9-15(2)3)23-13-17(24)14-26-18-7-5-16(20)6-8-18/h5-8,15,17,24H,4,9-14H2,1-3H3,(H2,21,22,23). The molecule has 0 aromatic heterocycles. The summed E-state index contributed by atoms with van der Waals surface area (Å²) < 4.78 is 23.8. The summed E-state index contributed by atoms with van der Waals surface area (Å²) in [5.41, 5.74) is 0. The zero-order chi connectivity index (χ0) is 19.2. The van der Waals surface area contributed by atoms with Crippen LogP contribution in [0.3, 0.4) is 0 Å². The molecule has 0 amide bonds. The van der Waals surface area contributed by atoms with Crippen molar-refractivity contribution < 1.29 is 19.0 Å². The predicted molar refractivity (Wildman–Crippen MR) is 102 cm³/mol. The Balaban J connectivity index is 2.27. The lowest BCUT2D eigenvalue weighted by Crippen LogP contribution is -2.39. The van der Waals surface area contributed by atoms with Crippen molar-refractivity contribution in [3.8, 4) is 5.75 Å². The van der Waals surface area contributed by atoms with Crippen molar-refractivity contribution in [1.29, 1.82) is 0 Å². The molecule has 0 aliphatic rings. The topological polar surface area (TPSA) is 75.1 Å².